The lowest BCUT2D eigenvalue weighted by Crippen LogP contribution is -2.21. The number of aliphatic carboxylic acids is 2. The maximum Gasteiger partial charge on any atom is 0.307 e. The van der Waals surface area contributed by atoms with Crippen LogP contribution in [-0.4, -0.2) is 42.6 Å². The van der Waals surface area contributed by atoms with E-state index < -0.39 is 23.8 Å². The molecule has 0 aromatic carbocycles. The maximum absolute atomic E-state index is 11.1. The smallest absolute Gasteiger partial charge is 0.307 e. The number of aromatic amines is 1. The molecular weight excluding hydrogens is 258 g/mol. The number of carboxylic acids is 2. The van der Waals surface area contributed by atoms with Crippen molar-refractivity contribution in [2.75, 3.05) is 0 Å². The molecule has 5 atom stereocenters. The number of fused-ring (bicyclic) bond motifs is 1. The second-order valence-corrected chi connectivity index (χ2v) is 5.87. The number of nitrogens with one attached hydrogen (secondary N) is 1. The summed E-state index contributed by atoms with van der Waals surface area (Å²) in [6, 6.07) is 0. The van der Waals surface area contributed by atoms with E-state index in [1.165, 1.54) is 18.1 Å². The van der Waals surface area contributed by atoms with Gasteiger partial charge in [0, 0.05) is 5.25 Å². The number of hydrogen-bond acceptors (Lipinski definition) is 5. The predicted molar refractivity (Wildman–Crippen MR) is 59.9 cm³/mol. The quantitative estimate of drug-likeness (QED) is 0.720. The summed E-state index contributed by atoms with van der Waals surface area (Å²) in [6.45, 7) is 0. The van der Waals surface area contributed by atoms with E-state index in [9.17, 15) is 9.59 Å². The van der Waals surface area contributed by atoms with Crippen LogP contribution in [0.4, 0.5) is 0 Å². The Morgan fingerprint density at radius 2 is 2.11 bits per heavy atom. The SMILES string of the molecule is O=C(O)[C@@H]1[C@@H]2[C@H]1[C@H](Sc1ncn[nH]1)C[C@H]2C(=O)O. The summed E-state index contributed by atoms with van der Waals surface area (Å²) in [5, 5.41) is 25.2. The van der Waals surface area contributed by atoms with Crippen molar-refractivity contribution in [3.05, 3.63) is 6.33 Å². The van der Waals surface area contributed by atoms with Gasteiger partial charge in [-0.15, -0.1) is 0 Å². The molecular formula is C10H11N3O4S. The van der Waals surface area contributed by atoms with Gasteiger partial charge in [-0.3, -0.25) is 14.7 Å². The standard InChI is InChI=1S/C10H11N3O4S/c14-8(15)3-1-4(18-10-11-2-12-13-10)6-5(3)7(6)9(16)17/h2-7H,1H2,(H,14,15)(H,16,17)(H,11,12,13)/t3-,4-,5+,6-,7-/m1/s1. The third kappa shape index (κ3) is 1.67. The predicted octanol–water partition coefficient (Wildman–Crippen LogP) is 0.317. The van der Waals surface area contributed by atoms with Crippen molar-refractivity contribution in [3.8, 4) is 0 Å². The topological polar surface area (TPSA) is 116 Å². The van der Waals surface area contributed by atoms with E-state index in [2.05, 4.69) is 15.2 Å². The summed E-state index contributed by atoms with van der Waals surface area (Å²) < 4.78 is 0. The highest BCUT2D eigenvalue weighted by Gasteiger charge is 2.68. The summed E-state index contributed by atoms with van der Waals surface area (Å²) in [7, 11) is 0. The van der Waals surface area contributed by atoms with E-state index in [4.69, 9.17) is 10.2 Å². The summed E-state index contributed by atoms with van der Waals surface area (Å²) in [6.07, 6.45) is 1.88. The Hall–Kier alpha value is -1.57. The number of carbonyl (C=O) groups is 2. The minimum atomic E-state index is -0.894. The first-order valence-corrected chi connectivity index (χ1v) is 6.45. The monoisotopic (exact) mass is 269 g/mol. The Morgan fingerprint density at radius 1 is 1.33 bits per heavy atom. The van der Waals surface area contributed by atoms with Gasteiger partial charge in [0.2, 0.25) is 0 Å². The molecule has 1 aromatic heterocycles. The molecule has 0 spiro atoms. The molecule has 2 fully saturated rings. The van der Waals surface area contributed by atoms with Crippen LogP contribution in [0.5, 0.6) is 0 Å². The van der Waals surface area contributed by atoms with Crippen molar-refractivity contribution < 1.29 is 19.8 Å². The van der Waals surface area contributed by atoms with Crippen LogP contribution in [0.15, 0.2) is 11.5 Å². The maximum atomic E-state index is 11.1. The third-order valence-electron chi connectivity index (χ3n) is 3.77. The summed E-state index contributed by atoms with van der Waals surface area (Å²) in [4.78, 5) is 26.1. The van der Waals surface area contributed by atoms with Gasteiger partial charge in [0.1, 0.15) is 6.33 Å². The zero-order valence-electron chi connectivity index (χ0n) is 9.18. The van der Waals surface area contributed by atoms with Crippen LogP contribution in [0, 0.1) is 23.7 Å². The lowest BCUT2D eigenvalue weighted by atomic mass is 10.0. The van der Waals surface area contributed by atoms with Crippen molar-refractivity contribution in [1.82, 2.24) is 15.2 Å². The van der Waals surface area contributed by atoms with Crippen molar-refractivity contribution in [1.29, 1.82) is 0 Å². The van der Waals surface area contributed by atoms with E-state index in [1.54, 1.807) is 0 Å². The van der Waals surface area contributed by atoms with Crippen molar-refractivity contribution in [2.45, 2.75) is 16.8 Å². The highest BCUT2D eigenvalue weighted by atomic mass is 32.2. The minimum Gasteiger partial charge on any atom is -0.481 e. The van der Waals surface area contributed by atoms with Gasteiger partial charge in [-0.1, -0.05) is 11.8 Å². The normalized spacial score (nSPS) is 37.2. The first-order valence-electron chi connectivity index (χ1n) is 5.57. The van der Waals surface area contributed by atoms with E-state index in [0.29, 0.717) is 11.6 Å². The van der Waals surface area contributed by atoms with E-state index in [1.807, 2.05) is 0 Å². The van der Waals surface area contributed by atoms with Crippen LogP contribution in [-0.2, 0) is 9.59 Å². The van der Waals surface area contributed by atoms with Crippen LogP contribution in [0.2, 0.25) is 0 Å². The van der Waals surface area contributed by atoms with Crippen molar-refractivity contribution in [3.63, 3.8) is 0 Å². The minimum absolute atomic E-state index is 0.00912. The zero-order valence-corrected chi connectivity index (χ0v) is 10.0. The van der Waals surface area contributed by atoms with Crippen LogP contribution >= 0.6 is 11.8 Å². The van der Waals surface area contributed by atoms with Gasteiger partial charge in [0.05, 0.1) is 11.8 Å². The molecule has 3 rings (SSSR count). The second-order valence-electron chi connectivity index (χ2n) is 4.65. The second kappa shape index (κ2) is 3.98. The van der Waals surface area contributed by atoms with Crippen LogP contribution < -0.4 is 0 Å². The Morgan fingerprint density at radius 3 is 2.67 bits per heavy atom. The third-order valence-corrected chi connectivity index (χ3v) is 5.00. The fraction of sp³-hybridized carbons (Fsp3) is 0.600. The Kier molecular flexibility index (Phi) is 2.54. The molecule has 1 aromatic rings. The van der Waals surface area contributed by atoms with Gasteiger partial charge in [-0.25, -0.2) is 4.98 Å². The van der Waals surface area contributed by atoms with Crippen molar-refractivity contribution in [2.24, 2.45) is 23.7 Å². The number of carboxylic acid groups (broad SMARTS) is 2. The van der Waals surface area contributed by atoms with Gasteiger partial charge in [-0.2, -0.15) is 5.10 Å². The molecule has 1 heterocycles. The largest absolute Gasteiger partial charge is 0.481 e. The summed E-state index contributed by atoms with van der Waals surface area (Å²) in [5.41, 5.74) is 0. The molecule has 2 aliphatic carbocycles. The van der Waals surface area contributed by atoms with Crippen LogP contribution in [0.1, 0.15) is 6.42 Å². The molecule has 18 heavy (non-hydrogen) atoms. The van der Waals surface area contributed by atoms with E-state index >= 15 is 0 Å². The molecule has 0 aliphatic heterocycles. The van der Waals surface area contributed by atoms with Gasteiger partial charge in [0.15, 0.2) is 5.16 Å². The Bertz CT molecular complexity index is 491. The summed E-state index contributed by atoms with van der Waals surface area (Å²) in [5.74, 6) is -3.12. The molecule has 0 bridgehead atoms. The Labute approximate surface area is 106 Å². The van der Waals surface area contributed by atoms with Crippen LogP contribution in [0.25, 0.3) is 0 Å². The van der Waals surface area contributed by atoms with Gasteiger partial charge < -0.3 is 10.2 Å². The first kappa shape index (κ1) is 11.5. The fourth-order valence-corrected chi connectivity index (χ4v) is 4.35. The first-order chi connectivity index (χ1) is 8.59. The number of nitrogens with zero attached hydrogens (tertiary/aromatic N) is 2. The highest BCUT2D eigenvalue weighted by Crippen LogP contribution is 2.64. The molecule has 0 radical (unpaired) electrons. The molecule has 7 nitrogen and oxygen atoms in total. The molecule has 3 N–H and O–H groups in total. The number of rotatable bonds is 4. The molecule has 2 aliphatic rings. The number of thioether (sulfide) groups is 1. The van der Waals surface area contributed by atoms with Gasteiger partial charge in [0.25, 0.3) is 0 Å². The molecule has 2 saturated carbocycles. The van der Waals surface area contributed by atoms with E-state index in [0.717, 1.165) is 0 Å². The molecule has 8 heteroatoms. The number of aromatic nitrogens is 3. The van der Waals surface area contributed by atoms with Gasteiger partial charge >= 0.3 is 11.9 Å². The van der Waals surface area contributed by atoms with Crippen LogP contribution in [0.3, 0.4) is 0 Å². The average Bonchev–Trinajstić information content (AvgIpc) is 2.68. The highest BCUT2D eigenvalue weighted by molar-refractivity contribution is 7.99. The van der Waals surface area contributed by atoms with Crippen molar-refractivity contribution >= 4 is 23.7 Å². The molecule has 0 amide bonds. The van der Waals surface area contributed by atoms with Gasteiger partial charge in [-0.05, 0) is 18.3 Å². The molecule has 0 saturated heterocycles. The average molecular weight is 269 g/mol. The Balaban J connectivity index is 1.76. The lowest BCUT2D eigenvalue weighted by Gasteiger charge is -2.13. The molecule has 96 valence electrons. The summed E-state index contributed by atoms with van der Waals surface area (Å²) >= 11 is 1.39. The van der Waals surface area contributed by atoms with E-state index in [-0.39, 0.29) is 17.1 Å². The fourth-order valence-electron chi connectivity index (χ4n) is 3.04. The molecule has 0 unspecified atom stereocenters. The lowest BCUT2D eigenvalue weighted by molar-refractivity contribution is -0.143. The number of hydrogen-bond donors (Lipinski definition) is 3. The number of H-pyrrole nitrogens is 1. The zero-order chi connectivity index (χ0) is 12.9.